The largest absolute Gasteiger partial charge is 0.472 e. The lowest BCUT2D eigenvalue weighted by Crippen LogP contribution is -2.30. The van der Waals surface area contributed by atoms with Crippen molar-refractivity contribution in [2.45, 2.75) is 290 Å². The standard InChI is InChI=1S/C81H132O17P2/c1-5-9-13-17-21-25-29-32-35-36-37-38-41-43-47-50-54-58-62-66-79(84)92-72-77(98-81(86)68-64-60-56-52-48-44-40-34-31-27-23-19-15-11-7-3)74-96-100(89,90)94-70-75(82)69-93-99(87,88)95-73-76(97-80(85)67-63-59-55-51-45-28-24-20-16-12-8-4)71-91-78(83)65-61-57-53-49-46-42-39-33-30-26-22-18-14-10-6-2/h9-11,13-15,21-23,25-27,32-35,37-40,43,46-47,49,54,58,75-77,82H,5-8,12,16-20,24,28-31,36,41-42,44-45,48,50-53,55-57,59-74H2,1-4H3,(H,87,88)(H,89,90)/b13-9-,14-10-,15-11-,25-21-,26-22-,27-23-,35-32-,38-37-,39-33-,40-34-,47-43-,49-46-,58-54-. The van der Waals surface area contributed by atoms with Crippen LogP contribution >= 0.6 is 15.6 Å². The number of aliphatic hydroxyl groups is 1. The predicted octanol–water partition coefficient (Wildman–Crippen LogP) is 21.7. The van der Waals surface area contributed by atoms with Gasteiger partial charge in [0.15, 0.2) is 12.2 Å². The molecule has 5 atom stereocenters. The van der Waals surface area contributed by atoms with E-state index in [0.717, 1.165) is 148 Å². The lowest BCUT2D eigenvalue weighted by Gasteiger charge is -2.21. The van der Waals surface area contributed by atoms with Gasteiger partial charge in [0.2, 0.25) is 0 Å². The lowest BCUT2D eigenvalue weighted by atomic mass is 10.1. The number of ether oxygens (including phenoxy) is 4. The van der Waals surface area contributed by atoms with Gasteiger partial charge in [-0.05, 0) is 135 Å². The number of rotatable bonds is 69. The molecule has 0 spiro atoms. The maximum Gasteiger partial charge on any atom is 0.472 e. The number of aliphatic hydroxyl groups excluding tert-OH is 1. The van der Waals surface area contributed by atoms with Crippen LogP contribution in [0, 0.1) is 0 Å². The highest BCUT2D eigenvalue weighted by atomic mass is 31.2. The highest BCUT2D eigenvalue weighted by molar-refractivity contribution is 7.47. The number of esters is 4. The SMILES string of the molecule is CC/C=C\C/C=C\C/C=C\C/C=C\C/C=C\C/C=C\CCC(=O)OCC(COP(=O)(O)OCC(O)COP(=O)(O)OCC(COC(=O)CCCC/C=C\C/C=C\C/C=C\C/C=C\CC)OC(=O)CCCCCCCCCCCCC)OC(=O)CCCCCCC/C=C\C/C=C\C/C=C\CC. The second kappa shape index (κ2) is 72.0. The Morgan fingerprint density at radius 1 is 0.290 bits per heavy atom. The van der Waals surface area contributed by atoms with Gasteiger partial charge in [0, 0.05) is 25.7 Å². The van der Waals surface area contributed by atoms with Crippen molar-refractivity contribution in [3.8, 4) is 0 Å². The number of hydrogen-bond donors (Lipinski definition) is 3. The van der Waals surface area contributed by atoms with E-state index in [1.54, 1.807) is 0 Å². The summed E-state index contributed by atoms with van der Waals surface area (Å²) >= 11 is 0. The molecular weight excluding hydrogens is 1310 g/mol. The highest BCUT2D eigenvalue weighted by Crippen LogP contribution is 2.45. The Labute approximate surface area is 604 Å². The minimum Gasteiger partial charge on any atom is -0.462 e. The Morgan fingerprint density at radius 2 is 0.540 bits per heavy atom. The zero-order valence-electron chi connectivity index (χ0n) is 61.8. The molecule has 568 valence electrons. The molecule has 0 aromatic rings. The molecule has 100 heavy (non-hydrogen) atoms. The second-order valence-electron chi connectivity index (χ2n) is 24.5. The van der Waals surface area contributed by atoms with Crippen molar-refractivity contribution in [2.24, 2.45) is 0 Å². The third kappa shape index (κ3) is 71.1. The predicted molar refractivity (Wildman–Crippen MR) is 408 cm³/mol. The Hall–Kier alpha value is -5.32. The van der Waals surface area contributed by atoms with Crippen LogP contribution in [0.2, 0.25) is 0 Å². The summed E-state index contributed by atoms with van der Waals surface area (Å²) in [4.78, 5) is 72.8. The molecule has 0 aliphatic rings. The molecule has 0 saturated heterocycles. The average Bonchev–Trinajstić information content (AvgIpc) is 0.985. The van der Waals surface area contributed by atoms with Gasteiger partial charge in [-0.15, -0.1) is 0 Å². The monoisotopic (exact) mass is 1440 g/mol. The first-order chi connectivity index (χ1) is 48.7. The zero-order valence-corrected chi connectivity index (χ0v) is 63.6. The van der Waals surface area contributed by atoms with E-state index in [4.69, 9.17) is 37.0 Å². The van der Waals surface area contributed by atoms with Gasteiger partial charge in [0.25, 0.3) is 0 Å². The van der Waals surface area contributed by atoms with Crippen molar-refractivity contribution in [1.29, 1.82) is 0 Å². The minimum atomic E-state index is -5.00. The first kappa shape index (κ1) is 94.7. The lowest BCUT2D eigenvalue weighted by molar-refractivity contribution is -0.161. The number of unbranched alkanes of at least 4 members (excludes halogenated alkanes) is 17. The number of hydrogen-bond acceptors (Lipinski definition) is 15. The van der Waals surface area contributed by atoms with Gasteiger partial charge in [0.05, 0.1) is 26.4 Å². The number of carbonyl (C=O) groups is 4. The molecule has 0 aromatic heterocycles. The smallest absolute Gasteiger partial charge is 0.462 e. The van der Waals surface area contributed by atoms with Crippen LogP contribution in [0.1, 0.15) is 272 Å². The van der Waals surface area contributed by atoms with E-state index in [2.05, 4.69) is 167 Å². The Bertz CT molecular complexity index is 2520. The van der Waals surface area contributed by atoms with Gasteiger partial charge < -0.3 is 33.8 Å². The molecule has 0 saturated carbocycles. The average molecular weight is 1440 g/mol. The van der Waals surface area contributed by atoms with Crippen LogP contribution in [0.25, 0.3) is 0 Å². The third-order valence-electron chi connectivity index (χ3n) is 15.0. The molecule has 0 bridgehead atoms. The summed E-state index contributed by atoms with van der Waals surface area (Å²) in [5.74, 6) is -2.35. The van der Waals surface area contributed by atoms with Crippen molar-refractivity contribution in [3.05, 3.63) is 158 Å². The quantitative estimate of drug-likeness (QED) is 0.0169. The molecule has 0 radical (unpaired) electrons. The van der Waals surface area contributed by atoms with E-state index in [1.165, 1.54) is 38.5 Å². The first-order valence-corrected chi connectivity index (χ1v) is 40.7. The molecule has 0 rings (SSSR count). The van der Waals surface area contributed by atoms with Crippen LogP contribution in [0.15, 0.2) is 158 Å². The van der Waals surface area contributed by atoms with E-state index < -0.39 is 97.5 Å². The summed E-state index contributed by atoms with van der Waals surface area (Å²) in [6.45, 7) is 4.35. The second-order valence-corrected chi connectivity index (χ2v) is 27.4. The normalized spacial score (nSPS) is 14.8. The fraction of sp³-hybridized carbons (Fsp3) is 0.630. The van der Waals surface area contributed by atoms with Crippen LogP contribution in [0.3, 0.4) is 0 Å². The molecule has 3 N–H and O–H groups in total. The molecule has 0 heterocycles. The van der Waals surface area contributed by atoms with Gasteiger partial charge in [-0.25, -0.2) is 9.13 Å². The number of phosphoric acid groups is 2. The maximum absolute atomic E-state index is 13.1. The molecule has 17 nitrogen and oxygen atoms in total. The first-order valence-electron chi connectivity index (χ1n) is 37.7. The van der Waals surface area contributed by atoms with Crippen molar-refractivity contribution >= 4 is 39.5 Å². The maximum atomic E-state index is 13.1. The summed E-state index contributed by atoms with van der Waals surface area (Å²) in [5, 5.41) is 10.6. The molecular formula is C81H132O17P2. The molecule has 0 aromatic carbocycles. The molecule has 0 amide bonds. The van der Waals surface area contributed by atoms with Crippen LogP contribution in [-0.4, -0.2) is 96.7 Å². The molecule has 0 aliphatic carbocycles. The molecule has 0 fully saturated rings. The van der Waals surface area contributed by atoms with Gasteiger partial charge in [-0.1, -0.05) is 269 Å². The Balaban J connectivity index is 5.45. The number of carbonyl (C=O) groups excluding carboxylic acids is 4. The minimum absolute atomic E-state index is 0.0266. The van der Waals surface area contributed by atoms with E-state index in [9.17, 15) is 43.2 Å². The topological polar surface area (TPSA) is 237 Å². The van der Waals surface area contributed by atoms with Crippen molar-refractivity contribution in [2.75, 3.05) is 39.6 Å². The van der Waals surface area contributed by atoms with Crippen LogP contribution in [0.5, 0.6) is 0 Å². The van der Waals surface area contributed by atoms with E-state index in [1.807, 2.05) is 18.2 Å². The Kier molecular flexibility index (Phi) is 68.2. The van der Waals surface area contributed by atoms with Gasteiger partial charge in [-0.3, -0.25) is 37.3 Å². The molecule has 19 heteroatoms. The fourth-order valence-electron chi connectivity index (χ4n) is 9.37. The number of phosphoric ester groups is 2. The van der Waals surface area contributed by atoms with Gasteiger partial charge in [0.1, 0.15) is 19.3 Å². The van der Waals surface area contributed by atoms with Crippen LogP contribution in [0.4, 0.5) is 0 Å². The van der Waals surface area contributed by atoms with Crippen LogP contribution < -0.4 is 0 Å². The summed E-state index contributed by atoms with van der Waals surface area (Å²) in [5.41, 5.74) is 0. The van der Waals surface area contributed by atoms with E-state index in [0.29, 0.717) is 32.1 Å². The van der Waals surface area contributed by atoms with Crippen molar-refractivity contribution in [1.82, 2.24) is 0 Å². The molecule has 0 aliphatic heterocycles. The van der Waals surface area contributed by atoms with Crippen LogP contribution in [-0.2, 0) is 65.4 Å². The van der Waals surface area contributed by atoms with Crippen molar-refractivity contribution in [3.63, 3.8) is 0 Å². The van der Waals surface area contributed by atoms with E-state index >= 15 is 0 Å². The summed E-state index contributed by atoms with van der Waals surface area (Å²) in [6.07, 6.45) is 82.6. The summed E-state index contributed by atoms with van der Waals surface area (Å²) in [6, 6.07) is 0. The van der Waals surface area contributed by atoms with Crippen molar-refractivity contribution < 1.29 is 80.2 Å². The highest BCUT2D eigenvalue weighted by Gasteiger charge is 2.30. The molecule has 5 unspecified atom stereocenters. The van der Waals surface area contributed by atoms with Gasteiger partial charge in [-0.2, -0.15) is 0 Å². The zero-order chi connectivity index (χ0) is 73.2. The summed E-state index contributed by atoms with van der Waals surface area (Å²) in [7, 11) is -9.99. The van der Waals surface area contributed by atoms with E-state index in [-0.39, 0.29) is 25.7 Å². The Morgan fingerprint density at radius 3 is 0.880 bits per heavy atom. The number of allylic oxidation sites excluding steroid dienone is 26. The van der Waals surface area contributed by atoms with Gasteiger partial charge >= 0.3 is 39.5 Å². The summed E-state index contributed by atoms with van der Waals surface area (Å²) < 4.78 is 68.3. The fourth-order valence-corrected chi connectivity index (χ4v) is 10.9. The third-order valence-corrected chi connectivity index (χ3v) is 16.9.